The second-order valence-electron chi connectivity index (χ2n) is 4.31. The molecule has 1 fully saturated rings. The number of carbonyl (C=O) groups excluding carboxylic acids is 1. The summed E-state index contributed by atoms with van der Waals surface area (Å²) >= 11 is 1.21. The fraction of sp³-hybridized carbons (Fsp3) is 0.778. The molecule has 1 unspecified atom stereocenters. The van der Waals surface area contributed by atoms with Crippen LogP contribution in [0, 0.1) is 0 Å². The predicted octanol–water partition coefficient (Wildman–Crippen LogP) is 0.813. The fourth-order valence-corrected chi connectivity index (χ4v) is 2.26. The molecular weight excluding hydrogens is 202 g/mol. The third-order valence-corrected chi connectivity index (χ3v) is 3.31. The Morgan fingerprint density at radius 2 is 2.14 bits per heavy atom. The maximum absolute atomic E-state index is 11.5. The third-order valence-electron chi connectivity index (χ3n) is 2.14. The zero-order chi connectivity index (χ0) is 10.9. The largest absolute Gasteiger partial charge is 0.480 e. The number of hydrogen-bond acceptors (Lipinski definition) is 3. The average molecular weight is 217 g/mol. The zero-order valence-electron chi connectivity index (χ0n) is 8.61. The number of carboxylic acid groups (broad SMARTS) is 1. The minimum atomic E-state index is -0.836. The van der Waals surface area contributed by atoms with Crippen molar-refractivity contribution in [3.05, 3.63) is 0 Å². The number of hydrogen-bond donors (Lipinski definition) is 1. The van der Waals surface area contributed by atoms with Crippen molar-refractivity contribution in [2.45, 2.75) is 31.6 Å². The number of carbonyl (C=O) groups is 2. The molecule has 1 aliphatic heterocycles. The summed E-state index contributed by atoms with van der Waals surface area (Å²) in [6, 6.07) is 0. The minimum absolute atomic E-state index is 0.0278. The van der Waals surface area contributed by atoms with Crippen LogP contribution in [0.1, 0.15) is 20.8 Å². The third kappa shape index (κ3) is 2.41. The highest BCUT2D eigenvalue weighted by molar-refractivity contribution is 8.01. The quantitative estimate of drug-likeness (QED) is 0.706. The molecule has 80 valence electrons. The van der Waals surface area contributed by atoms with Crippen LogP contribution in [0.5, 0.6) is 0 Å². The number of nitrogens with zero attached hydrogens (tertiary/aromatic N) is 1. The monoisotopic (exact) mass is 217 g/mol. The van der Waals surface area contributed by atoms with E-state index in [4.69, 9.17) is 5.11 Å². The van der Waals surface area contributed by atoms with Gasteiger partial charge in [0, 0.05) is 12.1 Å². The molecule has 0 aromatic rings. The second kappa shape index (κ2) is 3.81. The van der Waals surface area contributed by atoms with E-state index in [1.165, 1.54) is 11.8 Å². The van der Waals surface area contributed by atoms with Crippen molar-refractivity contribution in [2.24, 2.45) is 0 Å². The lowest BCUT2D eigenvalue weighted by Crippen LogP contribution is -2.53. The SMILES string of the molecule is CC(C)(C)N1CC(C(=O)O)SCC1=O. The van der Waals surface area contributed by atoms with Gasteiger partial charge in [-0.05, 0) is 20.8 Å². The molecule has 1 rings (SSSR count). The molecule has 0 spiro atoms. The van der Waals surface area contributed by atoms with Crippen molar-refractivity contribution < 1.29 is 14.7 Å². The van der Waals surface area contributed by atoms with Gasteiger partial charge >= 0.3 is 5.97 Å². The van der Waals surface area contributed by atoms with E-state index < -0.39 is 11.2 Å². The Labute approximate surface area is 87.7 Å². The van der Waals surface area contributed by atoms with Gasteiger partial charge in [0.25, 0.3) is 0 Å². The number of carboxylic acids is 1. The molecule has 1 atom stereocenters. The highest BCUT2D eigenvalue weighted by atomic mass is 32.2. The van der Waals surface area contributed by atoms with Gasteiger partial charge in [-0.25, -0.2) is 0 Å². The van der Waals surface area contributed by atoms with Crippen molar-refractivity contribution in [3.8, 4) is 0 Å². The molecular formula is C9H15NO3S. The number of thioether (sulfide) groups is 1. The van der Waals surface area contributed by atoms with E-state index in [-0.39, 0.29) is 17.2 Å². The van der Waals surface area contributed by atoms with Crippen molar-refractivity contribution in [1.82, 2.24) is 4.90 Å². The van der Waals surface area contributed by atoms with Crippen molar-refractivity contribution >= 4 is 23.6 Å². The Morgan fingerprint density at radius 3 is 2.57 bits per heavy atom. The summed E-state index contributed by atoms with van der Waals surface area (Å²) < 4.78 is 0. The van der Waals surface area contributed by atoms with Crippen LogP contribution in [0.2, 0.25) is 0 Å². The molecule has 0 saturated carbocycles. The van der Waals surface area contributed by atoms with Crippen LogP contribution in [0.3, 0.4) is 0 Å². The molecule has 1 aliphatic rings. The standard InChI is InChI=1S/C9H15NO3S/c1-9(2,3)10-4-6(8(12)13)14-5-7(10)11/h6H,4-5H2,1-3H3,(H,12,13). The highest BCUT2D eigenvalue weighted by Crippen LogP contribution is 2.25. The van der Waals surface area contributed by atoms with Crippen molar-refractivity contribution in [3.63, 3.8) is 0 Å². The van der Waals surface area contributed by atoms with E-state index in [0.717, 1.165) is 0 Å². The number of aliphatic carboxylic acids is 1. The van der Waals surface area contributed by atoms with E-state index in [1.54, 1.807) is 4.90 Å². The van der Waals surface area contributed by atoms with Gasteiger partial charge in [0.15, 0.2) is 0 Å². The van der Waals surface area contributed by atoms with E-state index in [0.29, 0.717) is 6.54 Å². The Bertz CT molecular complexity index is 259. The Morgan fingerprint density at radius 1 is 1.57 bits per heavy atom. The summed E-state index contributed by atoms with van der Waals surface area (Å²) in [6.45, 7) is 6.06. The minimum Gasteiger partial charge on any atom is -0.480 e. The lowest BCUT2D eigenvalue weighted by molar-refractivity contribution is -0.139. The van der Waals surface area contributed by atoms with Crippen LogP contribution in [0.25, 0.3) is 0 Å². The van der Waals surface area contributed by atoms with Crippen molar-refractivity contribution in [2.75, 3.05) is 12.3 Å². The van der Waals surface area contributed by atoms with Gasteiger partial charge in [0.05, 0.1) is 5.75 Å². The van der Waals surface area contributed by atoms with Crippen LogP contribution in [0.4, 0.5) is 0 Å². The number of rotatable bonds is 1. The first-order chi connectivity index (χ1) is 6.32. The maximum atomic E-state index is 11.5. The van der Waals surface area contributed by atoms with Crippen LogP contribution in [-0.4, -0.2) is 45.0 Å². The second-order valence-corrected chi connectivity index (χ2v) is 5.50. The van der Waals surface area contributed by atoms with E-state index in [9.17, 15) is 9.59 Å². The first kappa shape index (κ1) is 11.4. The lowest BCUT2D eigenvalue weighted by atomic mass is 10.1. The Balaban J connectivity index is 2.74. The normalized spacial score (nSPS) is 23.8. The number of amides is 1. The summed E-state index contributed by atoms with van der Waals surface area (Å²) in [5, 5.41) is 8.37. The molecule has 0 bridgehead atoms. The first-order valence-electron chi connectivity index (χ1n) is 4.47. The Kier molecular flexibility index (Phi) is 3.09. The van der Waals surface area contributed by atoms with E-state index in [1.807, 2.05) is 20.8 Å². The molecule has 4 nitrogen and oxygen atoms in total. The fourth-order valence-electron chi connectivity index (χ4n) is 1.37. The van der Waals surface area contributed by atoms with Gasteiger partial charge < -0.3 is 10.0 Å². The van der Waals surface area contributed by atoms with E-state index >= 15 is 0 Å². The summed E-state index contributed by atoms with van der Waals surface area (Å²) in [6.07, 6.45) is 0. The van der Waals surface area contributed by atoms with Crippen LogP contribution < -0.4 is 0 Å². The predicted molar refractivity (Wildman–Crippen MR) is 55.3 cm³/mol. The van der Waals surface area contributed by atoms with Crippen LogP contribution in [-0.2, 0) is 9.59 Å². The molecule has 1 saturated heterocycles. The molecule has 0 radical (unpaired) electrons. The van der Waals surface area contributed by atoms with Gasteiger partial charge in [0.1, 0.15) is 5.25 Å². The molecule has 1 heterocycles. The maximum Gasteiger partial charge on any atom is 0.318 e. The van der Waals surface area contributed by atoms with Gasteiger partial charge in [0.2, 0.25) is 5.91 Å². The van der Waals surface area contributed by atoms with Crippen molar-refractivity contribution in [1.29, 1.82) is 0 Å². The van der Waals surface area contributed by atoms with Crippen LogP contribution >= 0.6 is 11.8 Å². The molecule has 0 aromatic heterocycles. The topological polar surface area (TPSA) is 57.6 Å². The molecule has 0 aromatic carbocycles. The zero-order valence-corrected chi connectivity index (χ0v) is 9.43. The van der Waals surface area contributed by atoms with Gasteiger partial charge in [-0.1, -0.05) is 0 Å². The summed E-state index contributed by atoms with van der Waals surface area (Å²) in [5.74, 6) is -0.537. The summed E-state index contributed by atoms with van der Waals surface area (Å²) in [5.41, 5.74) is -0.286. The molecule has 1 amide bonds. The summed E-state index contributed by atoms with van der Waals surface area (Å²) in [4.78, 5) is 23.9. The Hall–Kier alpha value is -0.710. The molecule has 0 aliphatic carbocycles. The van der Waals surface area contributed by atoms with Gasteiger partial charge in [-0.3, -0.25) is 9.59 Å². The molecule has 1 N–H and O–H groups in total. The first-order valence-corrected chi connectivity index (χ1v) is 5.52. The van der Waals surface area contributed by atoms with E-state index in [2.05, 4.69) is 0 Å². The summed E-state index contributed by atoms with van der Waals surface area (Å²) in [7, 11) is 0. The average Bonchev–Trinajstić information content (AvgIpc) is 2.02. The van der Waals surface area contributed by atoms with Gasteiger partial charge in [-0.2, -0.15) is 0 Å². The highest BCUT2D eigenvalue weighted by Gasteiger charge is 2.36. The molecule has 14 heavy (non-hydrogen) atoms. The van der Waals surface area contributed by atoms with Gasteiger partial charge in [-0.15, -0.1) is 11.8 Å². The smallest absolute Gasteiger partial charge is 0.318 e. The lowest BCUT2D eigenvalue weighted by Gasteiger charge is -2.40. The van der Waals surface area contributed by atoms with Crippen LogP contribution in [0.15, 0.2) is 0 Å². The molecule has 5 heteroatoms.